The molecule has 0 bridgehead atoms. The van der Waals surface area contributed by atoms with Gasteiger partial charge in [-0.3, -0.25) is 4.79 Å². The molecule has 0 radical (unpaired) electrons. The lowest BCUT2D eigenvalue weighted by atomic mass is 9.69. The first kappa shape index (κ1) is 21.0. The van der Waals surface area contributed by atoms with Crippen LogP contribution in [0.15, 0.2) is 42.5 Å². The van der Waals surface area contributed by atoms with Crippen LogP contribution in [-0.2, 0) is 28.2 Å². The van der Waals surface area contributed by atoms with E-state index in [9.17, 15) is 4.79 Å². The summed E-state index contributed by atoms with van der Waals surface area (Å²) in [5.41, 5.74) is 5.09. The van der Waals surface area contributed by atoms with Crippen molar-refractivity contribution in [3.63, 3.8) is 0 Å². The van der Waals surface area contributed by atoms with Crippen molar-refractivity contribution in [2.45, 2.75) is 70.5 Å². The van der Waals surface area contributed by atoms with Crippen molar-refractivity contribution in [2.75, 3.05) is 5.32 Å². The van der Waals surface area contributed by atoms with E-state index in [2.05, 4.69) is 30.4 Å². The van der Waals surface area contributed by atoms with E-state index in [1.54, 1.807) is 0 Å². The van der Waals surface area contributed by atoms with Crippen LogP contribution in [-0.4, -0.2) is 5.91 Å². The molecule has 1 N–H and O–H groups in total. The minimum Gasteiger partial charge on any atom is -0.366 e. The highest BCUT2D eigenvalue weighted by Gasteiger charge is 2.45. The fourth-order valence-corrected chi connectivity index (χ4v) is 5.96. The molecule has 2 saturated carbocycles. The number of hydrogen-bond donors (Lipinski definition) is 1. The Labute approximate surface area is 190 Å². The van der Waals surface area contributed by atoms with Crippen molar-refractivity contribution in [2.24, 2.45) is 17.8 Å². The summed E-state index contributed by atoms with van der Waals surface area (Å²) in [6.45, 7) is 2.81. The minimum atomic E-state index is -0.126. The van der Waals surface area contributed by atoms with Gasteiger partial charge in [0.25, 0.3) is 0 Å². The molecule has 1 amide bonds. The smallest absolute Gasteiger partial charge is 0.227 e. The molecule has 2 fully saturated rings. The number of ether oxygens (including phenoxy) is 1. The zero-order chi connectivity index (χ0) is 21.4. The van der Waals surface area contributed by atoms with Gasteiger partial charge in [0.1, 0.15) is 0 Å². The monoisotopic (exact) mass is 437 g/mol. The number of anilines is 1. The van der Waals surface area contributed by atoms with E-state index in [-0.39, 0.29) is 17.4 Å². The lowest BCUT2D eigenvalue weighted by Gasteiger charge is -2.40. The average Bonchev–Trinajstić information content (AvgIpc) is 3.11. The van der Waals surface area contributed by atoms with E-state index in [0.29, 0.717) is 10.9 Å². The molecule has 1 atom stereocenters. The quantitative estimate of drug-likeness (QED) is 0.554. The number of nitrogens with one attached hydrogen (secondary N) is 1. The lowest BCUT2D eigenvalue weighted by molar-refractivity contribution is -0.123. The molecule has 1 unspecified atom stereocenters. The molecular weight excluding hydrogens is 406 g/mol. The second-order valence-corrected chi connectivity index (χ2v) is 10.3. The summed E-state index contributed by atoms with van der Waals surface area (Å²) >= 11 is 5.95. The molecule has 1 heterocycles. The third-order valence-electron chi connectivity index (χ3n) is 8.00. The molecule has 4 heteroatoms. The molecule has 1 spiro atoms. The number of halogens is 1. The predicted octanol–water partition coefficient (Wildman–Crippen LogP) is 6.87. The predicted molar refractivity (Wildman–Crippen MR) is 125 cm³/mol. The Bertz CT molecular complexity index is 942. The number of benzene rings is 2. The molecule has 2 aromatic rings. The summed E-state index contributed by atoms with van der Waals surface area (Å²) in [7, 11) is 0. The Morgan fingerprint density at radius 3 is 2.55 bits per heavy atom. The number of fused-ring (bicyclic) bond motifs is 2. The first-order chi connectivity index (χ1) is 15.0. The van der Waals surface area contributed by atoms with E-state index in [4.69, 9.17) is 16.3 Å². The van der Waals surface area contributed by atoms with Crippen LogP contribution in [0.2, 0.25) is 5.02 Å². The molecule has 1 aliphatic heterocycles. The van der Waals surface area contributed by atoms with Crippen LogP contribution in [0.25, 0.3) is 0 Å². The Kier molecular flexibility index (Phi) is 5.83. The molecule has 0 saturated heterocycles. The molecule has 3 aliphatic rings. The van der Waals surface area contributed by atoms with Gasteiger partial charge in [0, 0.05) is 16.6 Å². The summed E-state index contributed by atoms with van der Waals surface area (Å²) in [5.74, 6) is 1.34. The first-order valence-electron chi connectivity index (χ1n) is 11.9. The zero-order valence-corrected chi connectivity index (χ0v) is 19.1. The SMILES string of the molecule is CC(C(=O)Nc1ccc(Cl)cc1)[C@H]1CC[C@]2(CC1)OCc1cccc(CC3CCC3)c12. The van der Waals surface area contributed by atoms with Gasteiger partial charge in [0.15, 0.2) is 0 Å². The third-order valence-corrected chi connectivity index (χ3v) is 8.25. The first-order valence-corrected chi connectivity index (χ1v) is 12.2. The number of hydrogen-bond acceptors (Lipinski definition) is 2. The summed E-state index contributed by atoms with van der Waals surface area (Å²) in [6, 6.07) is 14.1. The summed E-state index contributed by atoms with van der Waals surface area (Å²) < 4.78 is 6.51. The van der Waals surface area contributed by atoms with Crippen molar-refractivity contribution >= 4 is 23.2 Å². The van der Waals surface area contributed by atoms with Gasteiger partial charge in [-0.05, 0) is 84.9 Å². The number of carbonyl (C=O) groups excluding carboxylic acids is 1. The maximum absolute atomic E-state index is 12.8. The number of rotatable bonds is 5. The maximum atomic E-state index is 12.8. The van der Waals surface area contributed by atoms with E-state index >= 15 is 0 Å². The van der Waals surface area contributed by atoms with Crippen molar-refractivity contribution in [1.82, 2.24) is 0 Å². The van der Waals surface area contributed by atoms with Gasteiger partial charge in [0.2, 0.25) is 5.91 Å². The van der Waals surface area contributed by atoms with Gasteiger partial charge in [-0.15, -0.1) is 0 Å². The second-order valence-electron chi connectivity index (χ2n) is 9.86. The van der Waals surface area contributed by atoms with Crippen LogP contribution >= 0.6 is 11.6 Å². The van der Waals surface area contributed by atoms with E-state index in [1.165, 1.54) is 42.4 Å². The van der Waals surface area contributed by atoms with E-state index in [0.717, 1.165) is 43.9 Å². The van der Waals surface area contributed by atoms with Gasteiger partial charge in [-0.25, -0.2) is 0 Å². The molecular formula is C27H32ClNO2. The lowest BCUT2D eigenvalue weighted by Crippen LogP contribution is -2.37. The van der Waals surface area contributed by atoms with Crippen molar-refractivity contribution in [3.8, 4) is 0 Å². The Balaban J connectivity index is 1.25. The fourth-order valence-electron chi connectivity index (χ4n) is 5.83. The highest BCUT2D eigenvalue weighted by molar-refractivity contribution is 6.30. The highest BCUT2D eigenvalue weighted by Crippen LogP contribution is 2.51. The van der Waals surface area contributed by atoms with Gasteiger partial charge in [-0.1, -0.05) is 56.0 Å². The van der Waals surface area contributed by atoms with Crippen molar-refractivity contribution in [1.29, 1.82) is 0 Å². The second kappa shape index (κ2) is 8.60. The standard InChI is InChI=1S/C27H32ClNO2/c1-18(26(30)29-24-10-8-23(28)9-11-24)20-12-14-27(15-13-20)25-21(16-19-4-2-5-19)6-3-7-22(25)17-31-27/h3,6-11,18-20H,2,4-5,12-17H2,1H3,(H,29,30)/t18?,20-,27+. The van der Waals surface area contributed by atoms with Crippen molar-refractivity contribution in [3.05, 3.63) is 64.2 Å². The Morgan fingerprint density at radius 2 is 1.87 bits per heavy atom. The van der Waals surface area contributed by atoms with Crippen LogP contribution in [0, 0.1) is 17.8 Å². The summed E-state index contributed by atoms with van der Waals surface area (Å²) in [5, 5.41) is 3.74. The van der Waals surface area contributed by atoms with Crippen LogP contribution < -0.4 is 5.32 Å². The fraction of sp³-hybridized carbons (Fsp3) is 0.519. The zero-order valence-electron chi connectivity index (χ0n) is 18.3. The summed E-state index contributed by atoms with van der Waals surface area (Å²) in [6.07, 6.45) is 9.45. The average molecular weight is 438 g/mol. The molecule has 164 valence electrons. The highest BCUT2D eigenvalue weighted by atomic mass is 35.5. The maximum Gasteiger partial charge on any atom is 0.227 e. The third kappa shape index (κ3) is 4.15. The Hall–Kier alpha value is -1.84. The number of carbonyl (C=O) groups is 1. The molecule has 0 aromatic heterocycles. The van der Waals surface area contributed by atoms with Crippen molar-refractivity contribution < 1.29 is 9.53 Å². The molecule has 2 aliphatic carbocycles. The van der Waals surface area contributed by atoms with Gasteiger partial charge in [0.05, 0.1) is 12.2 Å². The topological polar surface area (TPSA) is 38.3 Å². The van der Waals surface area contributed by atoms with Crippen LogP contribution in [0.4, 0.5) is 5.69 Å². The molecule has 2 aromatic carbocycles. The molecule has 5 rings (SSSR count). The van der Waals surface area contributed by atoms with E-state index < -0.39 is 0 Å². The van der Waals surface area contributed by atoms with Crippen LogP contribution in [0.3, 0.4) is 0 Å². The van der Waals surface area contributed by atoms with Crippen LogP contribution in [0.1, 0.15) is 68.6 Å². The largest absolute Gasteiger partial charge is 0.366 e. The molecule has 31 heavy (non-hydrogen) atoms. The number of amides is 1. The van der Waals surface area contributed by atoms with Gasteiger partial charge < -0.3 is 10.1 Å². The normalized spacial score (nSPS) is 26.3. The van der Waals surface area contributed by atoms with Gasteiger partial charge in [-0.2, -0.15) is 0 Å². The Morgan fingerprint density at radius 1 is 1.13 bits per heavy atom. The molecule has 3 nitrogen and oxygen atoms in total. The summed E-state index contributed by atoms with van der Waals surface area (Å²) in [4.78, 5) is 12.8. The van der Waals surface area contributed by atoms with Gasteiger partial charge >= 0.3 is 0 Å². The minimum absolute atomic E-state index is 0.0147. The van der Waals surface area contributed by atoms with E-state index in [1.807, 2.05) is 24.3 Å². The van der Waals surface area contributed by atoms with Crippen LogP contribution in [0.5, 0.6) is 0 Å².